The maximum absolute atomic E-state index is 11.9. The molecule has 1 aliphatic heterocycles. The van der Waals surface area contributed by atoms with E-state index in [-0.39, 0.29) is 12.0 Å². The summed E-state index contributed by atoms with van der Waals surface area (Å²) in [5, 5.41) is 6.10. The van der Waals surface area contributed by atoms with E-state index in [0.29, 0.717) is 13.0 Å². The maximum Gasteiger partial charge on any atom is 0.222 e. The molecule has 1 N–H and O–H groups in total. The summed E-state index contributed by atoms with van der Waals surface area (Å²) in [6, 6.07) is 10.4. The number of benzene rings is 1. The second-order valence-corrected chi connectivity index (χ2v) is 6.78. The van der Waals surface area contributed by atoms with E-state index >= 15 is 0 Å². The van der Waals surface area contributed by atoms with Gasteiger partial charge in [-0.25, -0.2) is 4.98 Å². The molecular formula is C18H22N2O2S. The first-order valence-corrected chi connectivity index (χ1v) is 9.03. The normalized spacial score (nSPS) is 17.3. The number of carbonyl (C=O) groups is 1. The Hall–Kier alpha value is -1.72. The molecule has 0 radical (unpaired) electrons. The van der Waals surface area contributed by atoms with Crippen LogP contribution in [0.1, 0.15) is 35.5 Å². The van der Waals surface area contributed by atoms with Gasteiger partial charge >= 0.3 is 0 Å². The highest BCUT2D eigenvalue weighted by molar-refractivity contribution is 7.09. The van der Waals surface area contributed by atoms with Crippen molar-refractivity contribution in [3.63, 3.8) is 0 Å². The van der Waals surface area contributed by atoms with Crippen LogP contribution in [0.25, 0.3) is 0 Å². The molecule has 0 aliphatic carbocycles. The van der Waals surface area contributed by atoms with Crippen molar-refractivity contribution in [3.8, 4) is 0 Å². The summed E-state index contributed by atoms with van der Waals surface area (Å²) in [5.74, 6) is 0.0516. The smallest absolute Gasteiger partial charge is 0.222 e. The molecule has 2 aromatic rings. The summed E-state index contributed by atoms with van der Waals surface area (Å²) in [6.07, 6.45) is 4.57. The number of nitrogens with one attached hydrogen (secondary N) is 1. The van der Waals surface area contributed by atoms with Gasteiger partial charge in [0.05, 0.1) is 29.8 Å². The third-order valence-electron chi connectivity index (χ3n) is 3.97. The van der Waals surface area contributed by atoms with Crippen molar-refractivity contribution >= 4 is 17.2 Å². The standard InChI is InChI=1S/C18H22N2O2S/c21-17(11-16-7-4-10-22-16)19-12-15-13-23-18(20-15)9-8-14-5-2-1-3-6-14/h1-3,5-6,13,16H,4,7-12H2,(H,19,21). The van der Waals surface area contributed by atoms with Crippen molar-refractivity contribution in [2.45, 2.75) is 44.8 Å². The Labute approximate surface area is 140 Å². The fraction of sp³-hybridized carbons (Fsp3) is 0.444. The molecule has 1 aromatic heterocycles. The van der Waals surface area contributed by atoms with E-state index in [0.717, 1.165) is 43.0 Å². The van der Waals surface area contributed by atoms with Gasteiger partial charge in [0, 0.05) is 18.4 Å². The Morgan fingerprint density at radius 2 is 2.17 bits per heavy atom. The summed E-state index contributed by atoms with van der Waals surface area (Å²) in [7, 11) is 0. The minimum absolute atomic E-state index is 0.0516. The Kier molecular flexibility index (Phi) is 5.77. The Morgan fingerprint density at radius 3 is 2.96 bits per heavy atom. The molecule has 0 spiro atoms. The lowest BCUT2D eigenvalue weighted by Gasteiger charge is -2.08. The van der Waals surface area contributed by atoms with Crippen LogP contribution in [-0.2, 0) is 28.9 Å². The minimum atomic E-state index is 0.0516. The van der Waals surface area contributed by atoms with Crippen LogP contribution < -0.4 is 5.32 Å². The molecule has 2 heterocycles. The highest BCUT2D eigenvalue weighted by Gasteiger charge is 2.18. The van der Waals surface area contributed by atoms with Gasteiger partial charge in [-0.15, -0.1) is 11.3 Å². The lowest BCUT2D eigenvalue weighted by molar-refractivity contribution is -0.123. The van der Waals surface area contributed by atoms with E-state index in [4.69, 9.17) is 4.74 Å². The zero-order valence-corrected chi connectivity index (χ0v) is 14.0. The number of rotatable bonds is 7. The predicted molar refractivity (Wildman–Crippen MR) is 91.4 cm³/mol. The summed E-state index contributed by atoms with van der Waals surface area (Å²) in [6.45, 7) is 1.29. The monoisotopic (exact) mass is 330 g/mol. The van der Waals surface area contributed by atoms with Crippen LogP contribution in [0.15, 0.2) is 35.7 Å². The zero-order chi connectivity index (χ0) is 15.9. The van der Waals surface area contributed by atoms with Gasteiger partial charge in [-0.3, -0.25) is 4.79 Å². The van der Waals surface area contributed by atoms with Gasteiger partial charge in [0.2, 0.25) is 5.91 Å². The molecule has 1 aliphatic rings. The molecule has 23 heavy (non-hydrogen) atoms. The number of hydrogen-bond acceptors (Lipinski definition) is 4. The third kappa shape index (κ3) is 5.15. The summed E-state index contributed by atoms with van der Waals surface area (Å²) >= 11 is 1.67. The first-order chi connectivity index (χ1) is 11.3. The molecule has 5 heteroatoms. The lowest BCUT2D eigenvalue weighted by Crippen LogP contribution is -2.26. The van der Waals surface area contributed by atoms with E-state index in [9.17, 15) is 4.79 Å². The Bertz CT molecular complexity index is 621. The molecule has 122 valence electrons. The summed E-state index contributed by atoms with van der Waals surface area (Å²) in [4.78, 5) is 16.5. The number of nitrogens with zero attached hydrogens (tertiary/aromatic N) is 1. The first kappa shape index (κ1) is 16.1. The van der Waals surface area contributed by atoms with Crippen LogP contribution in [-0.4, -0.2) is 23.6 Å². The van der Waals surface area contributed by atoms with Crippen LogP contribution in [0.5, 0.6) is 0 Å². The largest absolute Gasteiger partial charge is 0.378 e. The van der Waals surface area contributed by atoms with E-state index < -0.39 is 0 Å². The van der Waals surface area contributed by atoms with Gasteiger partial charge in [-0.2, -0.15) is 0 Å². The van der Waals surface area contributed by atoms with Crippen molar-refractivity contribution < 1.29 is 9.53 Å². The molecule has 1 saturated heterocycles. The number of ether oxygens (including phenoxy) is 1. The highest BCUT2D eigenvalue weighted by Crippen LogP contribution is 2.16. The zero-order valence-electron chi connectivity index (χ0n) is 13.2. The van der Waals surface area contributed by atoms with Crippen LogP contribution in [0.2, 0.25) is 0 Å². The van der Waals surface area contributed by atoms with Gasteiger partial charge in [0.15, 0.2) is 0 Å². The molecule has 3 rings (SSSR count). The van der Waals surface area contributed by atoms with Gasteiger partial charge in [0.25, 0.3) is 0 Å². The van der Waals surface area contributed by atoms with Crippen molar-refractivity contribution in [3.05, 3.63) is 52.0 Å². The molecule has 0 bridgehead atoms. The molecule has 0 saturated carbocycles. The second-order valence-electron chi connectivity index (χ2n) is 5.83. The summed E-state index contributed by atoms with van der Waals surface area (Å²) < 4.78 is 5.48. The van der Waals surface area contributed by atoms with Crippen LogP contribution >= 0.6 is 11.3 Å². The molecule has 1 aromatic carbocycles. The van der Waals surface area contributed by atoms with E-state index in [1.165, 1.54) is 5.56 Å². The van der Waals surface area contributed by atoms with Gasteiger partial charge < -0.3 is 10.1 Å². The maximum atomic E-state index is 11.9. The quantitative estimate of drug-likeness (QED) is 0.848. The van der Waals surface area contributed by atoms with Crippen LogP contribution in [0.4, 0.5) is 0 Å². The topological polar surface area (TPSA) is 51.2 Å². The van der Waals surface area contributed by atoms with Crippen LogP contribution in [0.3, 0.4) is 0 Å². The number of amides is 1. The van der Waals surface area contributed by atoms with Gasteiger partial charge in [-0.05, 0) is 24.8 Å². The van der Waals surface area contributed by atoms with Crippen molar-refractivity contribution in [2.24, 2.45) is 0 Å². The average molecular weight is 330 g/mol. The Balaban J connectivity index is 1.41. The number of hydrogen-bond donors (Lipinski definition) is 1. The van der Waals surface area contributed by atoms with E-state index in [1.54, 1.807) is 11.3 Å². The number of thiazole rings is 1. The first-order valence-electron chi connectivity index (χ1n) is 8.15. The number of carbonyl (C=O) groups excluding carboxylic acids is 1. The van der Waals surface area contributed by atoms with Crippen LogP contribution in [0, 0.1) is 0 Å². The molecule has 4 nitrogen and oxygen atoms in total. The minimum Gasteiger partial charge on any atom is -0.378 e. The fourth-order valence-electron chi connectivity index (χ4n) is 2.71. The van der Waals surface area contributed by atoms with E-state index in [2.05, 4.69) is 34.6 Å². The van der Waals surface area contributed by atoms with Crippen molar-refractivity contribution in [1.29, 1.82) is 0 Å². The van der Waals surface area contributed by atoms with Crippen molar-refractivity contribution in [1.82, 2.24) is 10.3 Å². The molecule has 1 unspecified atom stereocenters. The average Bonchev–Trinajstić information content (AvgIpc) is 3.24. The number of aryl methyl sites for hydroxylation is 2. The summed E-state index contributed by atoms with van der Waals surface area (Å²) in [5.41, 5.74) is 2.27. The molecule has 1 fully saturated rings. The third-order valence-corrected chi connectivity index (χ3v) is 4.93. The van der Waals surface area contributed by atoms with E-state index in [1.807, 2.05) is 11.4 Å². The lowest BCUT2D eigenvalue weighted by atomic mass is 10.1. The van der Waals surface area contributed by atoms with Gasteiger partial charge in [0.1, 0.15) is 0 Å². The van der Waals surface area contributed by atoms with Gasteiger partial charge in [-0.1, -0.05) is 30.3 Å². The second kappa shape index (κ2) is 8.22. The molecular weight excluding hydrogens is 308 g/mol. The predicted octanol–water partition coefficient (Wildman–Crippen LogP) is 3.11. The molecule has 1 amide bonds. The Morgan fingerprint density at radius 1 is 1.30 bits per heavy atom. The fourth-order valence-corrected chi connectivity index (χ4v) is 3.51. The number of aromatic nitrogens is 1. The highest BCUT2D eigenvalue weighted by atomic mass is 32.1. The van der Waals surface area contributed by atoms with Crippen molar-refractivity contribution in [2.75, 3.05) is 6.61 Å². The SMILES string of the molecule is O=C(CC1CCCO1)NCc1csc(CCc2ccccc2)n1. The molecule has 1 atom stereocenters.